The topological polar surface area (TPSA) is 125 Å². The van der Waals surface area contributed by atoms with Gasteiger partial charge in [-0.2, -0.15) is 0 Å². The van der Waals surface area contributed by atoms with Crippen molar-refractivity contribution in [3.8, 4) is 5.75 Å². The minimum atomic E-state index is -2.18. The summed E-state index contributed by atoms with van der Waals surface area (Å²) in [6.45, 7) is 21.1. The van der Waals surface area contributed by atoms with E-state index in [2.05, 4.69) is 44.5 Å². The maximum absolute atomic E-state index is 15.6. The van der Waals surface area contributed by atoms with E-state index in [-0.39, 0.29) is 42.8 Å². The lowest BCUT2D eigenvalue weighted by Gasteiger charge is -2.42. The average molecular weight is 830 g/mol. The molecule has 58 heavy (non-hydrogen) atoms. The van der Waals surface area contributed by atoms with Crippen molar-refractivity contribution in [1.82, 2.24) is 10.2 Å². The molecule has 3 aromatic carbocycles. The summed E-state index contributed by atoms with van der Waals surface area (Å²) in [5, 5.41) is 5.26. The third kappa shape index (κ3) is 13.0. The largest absolute Gasteiger partial charge is 0.486 e. The van der Waals surface area contributed by atoms with Crippen LogP contribution >= 0.6 is 0 Å². The van der Waals surface area contributed by atoms with Crippen LogP contribution in [0.4, 0.5) is 28.4 Å². The Labute approximate surface area is 341 Å². The van der Waals surface area contributed by atoms with E-state index in [9.17, 15) is 23.2 Å². The number of nitrogens with zero attached hydrogens (tertiary/aromatic N) is 1. The van der Waals surface area contributed by atoms with E-state index in [4.69, 9.17) is 23.4 Å². The van der Waals surface area contributed by atoms with Gasteiger partial charge in [-0.15, -0.1) is 0 Å². The van der Waals surface area contributed by atoms with E-state index in [1.54, 1.807) is 46.4 Å². The molecule has 1 aliphatic heterocycles. The van der Waals surface area contributed by atoms with E-state index in [0.29, 0.717) is 11.1 Å². The van der Waals surface area contributed by atoms with Crippen molar-refractivity contribution in [3.05, 3.63) is 95.3 Å². The van der Waals surface area contributed by atoms with Crippen LogP contribution in [-0.2, 0) is 23.4 Å². The molecule has 1 unspecified atom stereocenters. The number of rotatable bonds is 12. The molecule has 0 bridgehead atoms. The van der Waals surface area contributed by atoms with Crippen molar-refractivity contribution < 1.29 is 50.9 Å². The van der Waals surface area contributed by atoms with Crippen molar-refractivity contribution >= 4 is 32.1 Å². The summed E-state index contributed by atoms with van der Waals surface area (Å²) in [5.74, 6) is -3.98. The average Bonchev–Trinajstić information content (AvgIpc) is 3.10. The number of hydrogen-bond donors (Lipinski definition) is 2. The van der Waals surface area contributed by atoms with Crippen LogP contribution < -0.4 is 15.4 Å². The quantitative estimate of drug-likeness (QED) is 0.173. The van der Waals surface area contributed by atoms with Crippen molar-refractivity contribution in [3.63, 3.8) is 0 Å². The fraction of sp³-hybridized carbons (Fsp3) is 0.512. The summed E-state index contributed by atoms with van der Waals surface area (Å²) in [4.78, 5) is 42.6. The minimum Gasteiger partial charge on any atom is -0.486 e. The van der Waals surface area contributed by atoms with Gasteiger partial charge in [0.05, 0.1) is 31.5 Å². The molecular weight excluding hydrogens is 772 g/mol. The van der Waals surface area contributed by atoms with Crippen molar-refractivity contribution in [1.29, 1.82) is 0 Å². The molecular formula is C43H58F3N3O8Si. The van der Waals surface area contributed by atoms with E-state index in [1.165, 1.54) is 60.7 Å². The number of alkyl carbamates (subject to hydrolysis) is 1. The number of hydrogen-bond acceptors (Lipinski definition) is 8. The number of carbonyl (C=O) groups excluding carboxylic acids is 3. The molecule has 0 aromatic heterocycles. The first-order chi connectivity index (χ1) is 26.8. The highest BCUT2D eigenvalue weighted by atomic mass is 28.4. The molecule has 1 heterocycles. The number of anilines is 1. The first kappa shape index (κ1) is 46.1. The first-order valence-electron chi connectivity index (χ1n) is 19.3. The van der Waals surface area contributed by atoms with Crippen LogP contribution in [0.1, 0.15) is 79.4 Å². The molecule has 0 spiro atoms. The zero-order valence-electron chi connectivity index (χ0n) is 35.3. The fourth-order valence-electron chi connectivity index (χ4n) is 5.86. The van der Waals surface area contributed by atoms with Gasteiger partial charge in [-0.3, -0.25) is 9.69 Å². The summed E-state index contributed by atoms with van der Waals surface area (Å²) >= 11 is 0. The van der Waals surface area contributed by atoms with Crippen LogP contribution in [-0.4, -0.2) is 87.1 Å². The van der Waals surface area contributed by atoms with Crippen molar-refractivity contribution in [2.45, 2.75) is 116 Å². The molecule has 318 valence electrons. The lowest BCUT2D eigenvalue weighted by atomic mass is 9.84. The zero-order valence-corrected chi connectivity index (χ0v) is 36.3. The second-order valence-corrected chi connectivity index (χ2v) is 22.7. The Balaban J connectivity index is 1.61. The molecule has 4 rings (SSSR count). The molecule has 2 N–H and O–H groups in total. The molecule has 0 aliphatic carbocycles. The summed E-state index contributed by atoms with van der Waals surface area (Å²) < 4.78 is 73.6. The standard InChI is InChI=1S/C43H58F3N3O8Si/c1-41(2,3)56-39(51)48-36(35(27-15-19-29(44)20-16-27)28-17-21-30(45)22-18-28)38(50)47-34-14-12-13-33(46)37(34)54-26-32-23-49(40(52)57-42(4,5)6)31(24-53-32)25-55-58(10,11)43(7,8)9/h12-22,31-32,35-36H,23-26H2,1-11H3,(H,47,50)(H,48,51)/t31-,32-,36?/m0/s1. The molecule has 1 saturated heterocycles. The van der Waals surface area contributed by atoms with Gasteiger partial charge in [-0.1, -0.05) is 51.1 Å². The molecule has 0 saturated carbocycles. The molecule has 3 aromatic rings. The second-order valence-electron chi connectivity index (χ2n) is 17.9. The number of carbonyl (C=O) groups is 3. The molecule has 15 heteroatoms. The van der Waals surface area contributed by atoms with Crippen LogP contribution in [0.5, 0.6) is 5.75 Å². The van der Waals surface area contributed by atoms with Crippen LogP contribution in [0.3, 0.4) is 0 Å². The van der Waals surface area contributed by atoms with Gasteiger partial charge in [0.2, 0.25) is 5.91 Å². The Kier molecular flexibility index (Phi) is 14.7. The second kappa shape index (κ2) is 18.5. The first-order valence-corrected chi connectivity index (χ1v) is 22.2. The number of morpholine rings is 1. The van der Waals surface area contributed by atoms with E-state index in [0.717, 1.165) is 6.07 Å². The van der Waals surface area contributed by atoms with E-state index >= 15 is 4.39 Å². The molecule has 0 radical (unpaired) electrons. The third-order valence-electron chi connectivity index (χ3n) is 9.82. The van der Waals surface area contributed by atoms with Crippen LogP contribution in [0.15, 0.2) is 66.7 Å². The molecule has 1 fully saturated rings. The Hall–Kier alpha value is -4.60. The lowest BCUT2D eigenvalue weighted by molar-refractivity contribution is -0.118. The highest BCUT2D eigenvalue weighted by molar-refractivity contribution is 6.74. The maximum Gasteiger partial charge on any atom is 0.410 e. The van der Waals surface area contributed by atoms with Crippen LogP contribution in [0.25, 0.3) is 0 Å². The Morgan fingerprint density at radius 1 is 0.810 bits per heavy atom. The number of amides is 3. The van der Waals surface area contributed by atoms with E-state index in [1.807, 2.05) is 0 Å². The fourth-order valence-corrected chi connectivity index (χ4v) is 6.90. The SMILES string of the molecule is CC(C)(C)OC(=O)NC(C(=O)Nc1cccc(F)c1OC[C@@H]1CN(C(=O)OC(C)(C)C)[C@H](CO[Si](C)(C)C(C)(C)C)CO1)C(c1ccc(F)cc1)c1ccc(F)cc1. The number of nitrogens with one attached hydrogen (secondary N) is 2. The molecule has 1 aliphatic rings. The summed E-state index contributed by atoms with van der Waals surface area (Å²) in [5.41, 5.74) is -0.949. The van der Waals surface area contributed by atoms with Gasteiger partial charge in [0.15, 0.2) is 19.9 Å². The van der Waals surface area contributed by atoms with Gasteiger partial charge in [-0.05, 0) is 107 Å². The zero-order chi connectivity index (χ0) is 43.2. The predicted molar refractivity (Wildman–Crippen MR) is 218 cm³/mol. The van der Waals surface area contributed by atoms with Crippen LogP contribution in [0, 0.1) is 17.5 Å². The molecule has 11 nitrogen and oxygen atoms in total. The summed E-state index contributed by atoms with van der Waals surface area (Å²) in [6, 6.07) is 12.7. The van der Waals surface area contributed by atoms with Gasteiger partial charge in [0.1, 0.15) is 41.6 Å². The summed E-state index contributed by atoms with van der Waals surface area (Å²) in [6.07, 6.45) is -2.21. The van der Waals surface area contributed by atoms with E-state index < -0.39 is 79.2 Å². The van der Waals surface area contributed by atoms with Crippen molar-refractivity contribution in [2.75, 3.05) is 31.7 Å². The van der Waals surface area contributed by atoms with Gasteiger partial charge < -0.3 is 34.0 Å². The summed E-state index contributed by atoms with van der Waals surface area (Å²) in [7, 11) is -2.18. The highest BCUT2D eigenvalue weighted by Crippen LogP contribution is 2.37. The number of ether oxygens (including phenoxy) is 4. The van der Waals surface area contributed by atoms with Gasteiger partial charge >= 0.3 is 12.2 Å². The lowest BCUT2D eigenvalue weighted by Crippen LogP contribution is -2.57. The Bertz CT molecular complexity index is 1830. The number of halogens is 3. The predicted octanol–water partition coefficient (Wildman–Crippen LogP) is 9.17. The number of benzene rings is 3. The minimum absolute atomic E-state index is 0.0511. The number of para-hydroxylation sites is 1. The highest BCUT2D eigenvalue weighted by Gasteiger charge is 2.41. The van der Waals surface area contributed by atoms with Crippen molar-refractivity contribution in [2.24, 2.45) is 0 Å². The monoisotopic (exact) mass is 829 g/mol. The van der Waals surface area contributed by atoms with Gasteiger partial charge in [-0.25, -0.2) is 22.8 Å². The molecule has 3 atom stereocenters. The maximum atomic E-state index is 15.6. The molecule has 3 amide bonds. The third-order valence-corrected chi connectivity index (χ3v) is 14.3. The van der Waals surface area contributed by atoms with Gasteiger partial charge in [0, 0.05) is 5.92 Å². The van der Waals surface area contributed by atoms with Crippen LogP contribution in [0.2, 0.25) is 18.1 Å². The Morgan fingerprint density at radius 2 is 1.36 bits per heavy atom. The smallest absolute Gasteiger partial charge is 0.410 e. The normalized spacial score (nSPS) is 17.1. The van der Waals surface area contributed by atoms with Gasteiger partial charge in [0.25, 0.3) is 0 Å². The Morgan fingerprint density at radius 3 is 1.88 bits per heavy atom.